The molecule has 0 spiro atoms. The number of hydrogen-bond donors (Lipinski definition) is 1. The van der Waals surface area contributed by atoms with Gasteiger partial charge >= 0.3 is 0 Å². The number of aromatic nitrogens is 3. The molecule has 1 N–H and O–H groups in total. The molecule has 7 aromatic rings. The minimum absolute atomic E-state index is 0.243. The van der Waals surface area contributed by atoms with Crippen molar-refractivity contribution >= 4 is 52.8 Å². The van der Waals surface area contributed by atoms with Crippen molar-refractivity contribution in [3.63, 3.8) is 0 Å². The second kappa shape index (κ2) is 11.3. The summed E-state index contributed by atoms with van der Waals surface area (Å²) in [5.74, 6) is 0. The van der Waals surface area contributed by atoms with Gasteiger partial charge in [0.2, 0.25) is 0 Å². The van der Waals surface area contributed by atoms with Gasteiger partial charge < -0.3 is 4.98 Å². The summed E-state index contributed by atoms with van der Waals surface area (Å²) in [6.07, 6.45) is 6.11. The van der Waals surface area contributed by atoms with Gasteiger partial charge in [0.15, 0.2) is 19.7 Å². The number of hydrogen-bond acceptors (Lipinski definition) is 7. The lowest BCUT2D eigenvalue weighted by Crippen LogP contribution is -2.28. The molecule has 0 amide bonds. The summed E-state index contributed by atoms with van der Waals surface area (Å²) >= 11 is 1.56. The molecule has 0 unspecified atom stereocenters. The lowest BCUT2D eigenvalue weighted by molar-refractivity contribution is 0.561. The lowest BCUT2D eigenvalue weighted by Gasteiger charge is -2.24. The molecular formula is C37H31N3O4S3. The lowest BCUT2D eigenvalue weighted by atomic mass is 9.92. The molecule has 47 heavy (non-hydrogen) atoms. The zero-order valence-electron chi connectivity index (χ0n) is 26.1. The van der Waals surface area contributed by atoms with Crippen LogP contribution in [0, 0.1) is 0 Å². The van der Waals surface area contributed by atoms with E-state index in [1.165, 1.54) is 12.5 Å². The Labute approximate surface area is 277 Å². The minimum atomic E-state index is -3.43. The number of fused-ring (bicyclic) bond motifs is 2. The van der Waals surface area contributed by atoms with Crippen LogP contribution >= 0.6 is 11.3 Å². The van der Waals surface area contributed by atoms with Crippen LogP contribution in [-0.4, -0.2) is 44.3 Å². The van der Waals surface area contributed by atoms with E-state index in [0.717, 1.165) is 65.2 Å². The van der Waals surface area contributed by atoms with E-state index in [9.17, 15) is 16.8 Å². The van der Waals surface area contributed by atoms with Gasteiger partial charge in [-0.05, 0) is 79.1 Å². The third-order valence-corrected chi connectivity index (χ3v) is 13.1. The van der Waals surface area contributed by atoms with E-state index in [-0.39, 0.29) is 4.90 Å². The fourth-order valence-electron chi connectivity index (χ4n) is 5.75. The molecule has 3 aromatic heterocycles. The predicted octanol–water partition coefficient (Wildman–Crippen LogP) is 8.52. The molecule has 7 nitrogen and oxygen atoms in total. The smallest absolute Gasteiger partial charge is 0.175 e. The quantitative estimate of drug-likeness (QED) is 0.181. The van der Waals surface area contributed by atoms with Crippen LogP contribution in [0.5, 0.6) is 0 Å². The number of H-pyrrole nitrogens is 1. The maximum atomic E-state index is 12.9. The third kappa shape index (κ3) is 5.56. The Morgan fingerprint density at radius 2 is 1.45 bits per heavy atom. The second-order valence-electron chi connectivity index (χ2n) is 12.2. The van der Waals surface area contributed by atoms with E-state index >= 15 is 0 Å². The molecular weight excluding hydrogens is 647 g/mol. The number of nitrogens with zero attached hydrogens (tertiary/aromatic N) is 2. The Morgan fingerprint density at radius 3 is 2.19 bits per heavy atom. The van der Waals surface area contributed by atoms with Crippen molar-refractivity contribution in [2.75, 3.05) is 12.5 Å². The van der Waals surface area contributed by atoms with Crippen molar-refractivity contribution in [2.24, 2.45) is 0 Å². The van der Waals surface area contributed by atoms with Crippen molar-refractivity contribution in [1.29, 1.82) is 0 Å². The standard InChI is InChI=1S/C37H31N3O4S3/c1-37(2,47(4,43)44)28-21-26-11-7-18-38-33(26)31(22-28)25-9-5-10-27(20-25)35-34(24-13-15-29(16-14-24)46(3,41)42)40-36(45-35)30-12-6-8-23-17-19-39-32(23)30/h5-22,39H,1-4H3. The summed E-state index contributed by atoms with van der Waals surface area (Å²) in [6.45, 7) is 3.45. The summed E-state index contributed by atoms with van der Waals surface area (Å²) in [6, 6.07) is 30.7. The Hall–Kier alpha value is -4.64. The maximum absolute atomic E-state index is 12.9. The number of para-hydroxylation sites is 1. The molecule has 0 bridgehead atoms. The fourth-order valence-corrected chi connectivity index (χ4v) is 8.04. The van der Waals surface area contributed by atoms with Crippen molar-refractivity contribution < 1.29 is 16.8 Å². The molecule has 0 aliphatic heterocycles. The van der Waals surface area contributed by atoms with Gasteiger partial charge in [-0.1, -0.05) is 48.5 Å². The summed E-state index contributed by atoms with van der Waals surface area (Å²) in [5, 5.41) is 2.76. The minimum Gasteiger partial charge on any atom is -0.361 e. The van der Waals surface area contributed by atoms with E-state index in [4.69, 9.17) is 9.97 Å². The van der Waals surface area contributed by atoms with Crippen LogP contribution in [0.2, 0.25) is 0 Å². The first kappa shape index (κ1) is 31.0. The van der Waals surface area contributed by atoms with Gasteiger partial charge in [-0.2, -0.15) is 0 Å². The summed E-state index contributed by atoms with van der Waals surface area (Å²) in [5.41, 5.74) is 7.59. The average Bonchev–Trinajstić information content (AvgIpc) is 3.71. The predicted molar refractivity (Wildman–Crippen MR) is 192 cm³/mol. The molecule has 10 heteroatoms. The fraction of sp³-hybridized carbons (Fsp3) is 0.135. The second-order valence-corrected chi connectivity index (χ2v) is 17.8. The normalized spacial score (nSPS) is 12.6. The van der Waals surface area contributed by atoms with Crippen molar-refractivity contribution in [1.82, 2.24) is 15.0 Å². The topological polar surface area (TPSA) is 110 Å². The van der Waals surface area contributed by atoms with Gasteiger partial charge in [0.25, 0.3) is 0 Å². The van der Waals surface area contributed by atoms with Crippen molar-refractivity contribution in [3.05, 3.63) is 115 Å². The number of thiazole rings is 1. The number of nitrogens with one attached hydrogen (secondary N) is 1. The van der Waals surface area contributed by atoms with Gasteiger partial charge in [0.05, 0.1) is 31.2 Å². The van der Waals surface area contributed by atoms with Crippen LogP contribution in [0.25, 0.3) is 65.2 Å². The Balaban J connectivity index is 1.44. The zero-order valence-corrected chi connectivity index (χ0v) is 28.6. The molecule has 0 fully saturated rings. The molecule has 0 saturated heterocycles. The number of sulfone groups is 2. The van der Waals surface area contributed by atoms with Gasteiger partial charge in [-0.3, -0.25) is 4.98 Å². The molecule has 7 rings (SSSR count). The third-order valence-electron chi connectivity index (χ3n) is 8.76. The molecule has 0 aliphatic rings. The number of rotatable bonds is 7. The molecule has 0 atom stereocenters. The highest BCUT2D eigenvalue weighted by Gasteiger charge is 2.33. The summed E-state index contributed by atoms with van der Waals surface area (Å²) in [7, 11) is -6.79. The summed E-state index contributed by atoms with van der Waals surface area (Å²) < 4.78 is 49.0. The van der Waals surface area contributed by atoms with Crippen LogP contribution in [0.1, 0.15) is 19.4 Å². The Morgan fingerprint density at radius 1 is 0.723 bits per heavy atom. The largest absolute Gasteiger partial charge is 0.361 e. The number of pyridine rings is 1. The van der Waals surface area contributed by atoms with E-state index in [1.807, 2.05) is 66.9 Å². The van der Waals surface area contributed by atoms with E-state index in [2.05, 4.69) is 17.1 Å². The molecule has 0 saturated carbocycles. The molecule has 3 heterocycles. The van der Waals surface area contributed by atoms with E-state index < -0.39 is 24.4 Å². The van der Waals surface area contributed by atoms with Crippen LogP contribution in [-0.2, 0) is 24.4 Å². The first-order valence-electron chi connectivity index (χ1n) is 14.9. The first-order valence-corrected chi connectivity index (χ1v) is 19.5. The van der Waals surface area contributed by atoms with Crippen LogP contribution in [0.3, 0.4) is 0 Å². The zero-order chi connectivity index (χ0) is 33.1. The van der Waals surface area contributed by atoms with Crippen molar-refractivity contribution in [3.8, 4) is 43.4 Å². The maximum Gasteiger partial charge on any atom is 0.175 e. The molecule has 4 aromatic carbocycles. The Bertz CT molecular complexity index is 2550. The van der Waals surface area contributed by atoms with Gasteiger partial charge in [0, 0.05) is 52.4 Å². The van der Waals surface area contributed by atoms with E-state index in [1.54, 1.807) is 55.6 Å². The molecule has 0 radical (unpaired) electrons. The van der Waals surface area contributed by atoms with Crippen molar-refractivity contribution in [2.45, 2.75) is 23.5 Å². The first-order chi connectivity index (χ1) is 22.3. The van der Waals surface area contributed by atoms with Gasteiger partial charge in [-0.25, -0.2) is 21.8 Å². The van der Waals surface area contributed by atoms with Gasteiger partial charge in [0.1, 0.15) is 5.01 Å². The number of aromatic amines is 1. The van der Waals surface area contributed by atoms with Gasteiger partial charge in [-0.15, -0.1) is 11.3 Å². The monoisotopic (exact) mass is 677 g/mol. The Kier molecular flexibility index (Phi) is 7.42. The van der Waals surface area contributed by atoms with E-state index in [0.29, 0.717) is 5.56 Å². The summed E-state index contributed by atoms with van der Waals surface area (Å²) in [4.78, 5) is 14.3. The highest BCUT2D eigenvalue weighted by Crippen LogP contribution is 2.44. The highest BCUT2D eigenvalue weighted by atomic mass is 32.2. The molecule has 0 aliphatic carbocycles. The van der Waals surface area contributed by atoms with Crippen LogP contribution in [0.4, 0.5) is 0 Å². The van der Waals surface area contributed by atoms with Crippen LogP contribution < -0.4 is 0 Å². The average molecular weight is 678 g/mol. The number of benzene rings is 4. The highest BCUT2D eigenvalue weighted by molar-refractivity contribution is 7.91. The SMILES string of the molecule is CC(C)(c1cc(-c2cccc(-c3sc(-c4cccc5cc[nH]c45)nc3-c3ccc(S(C)(=O)=O)cc3)c2)c2ncccc2c1)S(C)(=O)=O. The molecule has 236 valence electrons. The van der Waals surface area contributed by atoms with Crippen LogP contribution in [0.15, 0.2) is 114 Å².